The summed E-state index contributed by atoms with van der Waals surface area (Å²) < 4.78 is 1.89. The van der Waals surface area contributed by atoms with Crippen LogP contribution in [0.1, 0.15) is 25.3 Å². The minimum atomic E-state index is 0. The fraction of sp³-hybridized carbons (Fsp3) is 0.769. The molecule has 0 saturated carbocycles. The predicted octanol–water partition coefficient (Wildman–Crippen LogP) is 1.88. The first-order valence-corrected chi connectivity index (χ1v) is 6.72. The van der Waals surface area contributed by atoms with Crippen LogP contribution in [0.25, 0.3) is 0 Å². The molecule has 1 unspecified atom stereocenters. The first kappa shape index (κ1) is 18.7. The number of hydrogen-bond donors (Lipinski definition) is 1. The lowest BCUT2D eigenvalue weighted by Crippen LogP contribution is -2.51. The van der Waals surface area contributed by atoms with Gasteiger partial charge in [-0.25, -0.2) is 0 Å². The zero-order valence-electron chi connectivity index (χ0n) is 11.8. The van der Waals surface area contributed by atoms with Gasteiger partial charge in [0.05, 0.1) is 6.20 Å². The summed E-state index contributed by atoms with van der Waals surface area (Å²) in [6.45, 7) is 6.91. The van der Waals surface area contributed by atoms with Crippen molar-refractivity contribution in [1.82, 2.24) is 20.0 Å². The van der Waals surface area contributed by atoms with E-state index in [1.807, 2.05) is 17.9 Å². The van der Waals surface area contributed by atoms with Gasteiger partial charge in [0, 0.05) is 45.5 Å². The van der Waals surface area contributed by atoms with Gasteiger partial charge in [-0.2, -0.15) is 5.10 Å². The van der Waals surface area contributed by atoms with Crippen molar-refractivity contribution in [2.24, 2.45) is 7.05 Å². The topological polar surface area (TPSA) is 33.1 Å². The number of aryl methyl sites for hydroxylation is 1. The summed E-state index contributed by atoms with van der Waals surface area (Å²) in [5.74, 6) is 0. The molecule has 1 aliphatic heterocycles. The highest BCUT2D eigenvalue weighted by atomic mass is 35.5. The summed E-state index contributed by atoms with van der Waals surface area (Å²) in [4.78, 5) is 2.63. The van der Waals surface area contributed by atoms with Crippen molar-refractivity contribution < 1.29 is 0 Å². The maximum absolute atomic E-state index is 4.22. The number of halogens is 2. The summed E-state index contributed by atoms with van der Waals surface area (Å²) in [6, 6.07) is 0.727. The van der Waals surface area contributed by atoms with E-state index in [0.29, 0.717) is 0 Å². The molecule has 0 aliphatic carbocycles. The summed E-state index contributed by atoms with van der Waals surface area (Å²) in [5, 5.41) is 7.72. The largest absolute Gasteiger partial charge is 0.314 e. The molecule has 112 valence electrons. The lowest BCUT2D eigenvalue weighted by Gasteiger charge is -2.36. The van der Waals surface area contributed by atoms with Gasteiger partial charge >= 0.3 is 0 Å². The van der Waals surface area contributed by atoms with Crippen molar-refractivity contribution in [2.75, 3.05) is 26.2 Å². The number of nitrogens with one attached hydrogen (secondary N) is 1. The third kappa shape index (κ3) is 5.69. The fourth-order valence-electron chi connectivity index (χ4n) is 2.59. The zero-order valence-corrected chi connectivity index (χ0v) is 13.5. The molecule has 0 aromatic carbocycles. The Kier molecular flexibility index (Phi) is 9.44. The first-order chi connectivity index (χ1) is 8.29. The molecule has 0 spiro atoms. The van der Waals surface area contributed by atoms with Crippen LogP contribution in [0.4, 0.5) is 0 Å². The normalized spacial score (nSPS) is 19.6. The van der Waals surface area contributed by atoms with Crippen molar-refractivity contribution in [3.63, 3.8) is 0 Å². The SMILES string of the molecule is CCCC1CNCCN1CCc1cnn(C)c1.Cl.Cl. The second-order valence-electron chi connectivity index (χ2n) is 4.95. The minimum absolute atomic E-state index is 0. The van der Waals surface area contributed by atoms with Gasteiger partial charge in [-0.15, -0.1) is 24.8 Å². The summed E-state index contributed by atoms with van der Waals surface area (Å²) in [5.41, 5.74) is 1.35. The van der Waals surface area contributed by atoms with Gasteiger partial charge in [-0.1, -0.05) is 13.3 Å². The van der Waals surface area contributed by atoms with Crippen LogP contribution in [0.15, 0.2) is 12.4 Å². The third-order valence-corrected chi connectivity index (χ3v) is 3.54. The van der Waals surface area contributed by atoms with E-state index in [1.165, 1.54) is 24.9 Å². The monoisotopic (exact) mass is 308 g/mol. The Balaban J connectivity index is 0.00000162. The summed E-state index contributed by atoms with van der Waals surface area (Å²) >= 11 is 0. The highest BCUT2D eigenvalue weighted by Gasteiger charge is 2.20. The molecule has 4 nitrogen and oxygen atoms in total. The van der Waals surface area contributed by atoms with Crippen molar-refractivity contribution in [3.8, 4) is 0 Å². The number of hydrogen-bond acceptors (Lipinski definition) is 3. The van der Waals surface area contributed by atoms with Crippen LogP contribution in [0.5, 0.6) is 0 Å². The standard InChI is InChI=1S/C13H24N4.2ClH/c1-3-4-13-10-14-6-8-17(13)7-5-12-9-15-16(2)11-12;;/h9,11,13-14H,3-8,10H2,1-2H3;2*1H. The molecule has 0 amide bonds. The fourth-order valence-corrected chi connectivity index (χ4v) is 2.59. The third-order valence-electron chi connectivity index (χ3n) is 3.54. The van der Waals surface area contributed by atoms with Crippen molar-refractivity contribution in [2.45, 2.75) is 32.2 Å². The Hall–Kier alpha value is -0.290. The molecule has 6 heteroatoms. The molecule has 1 aromatic rings. The number of nitrogens with zero attached hydrogens (tertiary/aromatic N) is 3. The Morgan fingerprint density at radius 1 is 1.42 bits per heavy atom. The lowest BCUT2D eigenvalue weighted by atomic mass is 10.1. The average Bonchev–Trinajstić information content (AvgIpc) is 2.74. The Labute approximate surface area is 128 Å². The van der Waals surface area contributed by atoms with E-state index in [2.05, 4.69) is 28.4 Å². The van der Waals surface area contributed by atoms with E-state index in [0.717, 1.165) is 32.1 Å². The molecular formula is C13H26Cl2N4. The Morgan fingerprint density at radius 2 is 2.21 bits per heavy atom. The van der Waals surface area contributed by atoms with E-state index < -0.39 is 0 Å². The molecule has 0 radical (unpaired) electrons. The molecule has 1 atom stereocenters. The maximum Gasteiger partial charge on any atom is 0.0522 e. The minimum Gasteiger partial charge on any atom is -0.314 e. The second-order valence-corrected chi connectivity index (χ2v) is 4.95. The predicted molar refractivity (Wildman–Crippen MR) is 84.5 cm³/mol. The van der Waals surface area contributed by atoms with E-state index in [-0.39, 0.29) is 24.8 Å². The van der Waals surface area contributed by atoms with Crippen LogP contribution in [-0.4, -0.2) is 46.9 Å². The average molecular weight is 309 g/mol. The van der Waals surface area contributed by atoms with Crippen LogP contribution < -0.4 is 5.32 Å². The van der Waals surface area contributed by atoms with Crippen molar-refractivity contribution in [1.29, 1.82) is 0 Å². The van der Waals surface area contributed by atoms with Gasteiger partial charge in [0.1, 0.15) is 0 Å². The highest BCUT2D eigenvalue weighted by molar-refractivity contribution is 5.85. The lowest BCUT2D eigenvalue weighted by molar-refractivity contribution is 0.154. The van der Waals surface area contributed by atoms with Gasteiger partial charge in [0.15, 0.2) is 0 Å². The van der Waals surface area contributed by atoms with E-state index in [1.54, 1.807) is 0 Å². The number of piperazine rings is 1. The van der Waals surface area contributed by atoms with Crippen LogP contribution in [0.3, 0.4) is 0 Å². The molecule has 1 fully saturated rings. The molecule has 2 rings (SSSR count). The maximum atomic E-state index is 4.22. The first-order valence-electron chi connectivity index (χ1n) is 6.72. The number of rotatable bonds is 5. The van der Waals surface area contributed by atoms with Crippen molar-refractivity contribution >= 4 is 24.8 Å². The summed E-state index contributed by atoms with van der Waals surface area (Å²) in [6.07, 6.45) is 7.80. The van der Waals surface area contributed by atoms with E-state index in [4.69, 9.17) is 0 Å². The Bertz CT molecular complexity index is 341. The number of aromatic nitrogens is 2. The zero-order chi connectivity index (χ0) is 12.1. The van der Waals surface area contributed by atoms with Gasteiger partial charge < -0.3 is 5.32 Å². The van der Waals surface area contributed by atoms with Gasteiger partial charge in [-0.3, -0.25) is 9.58 Å². The van der Waals surface area contributed by atoms with E-state index in [9.17, 15) is 0 Å². The van der Waals surface area contributed by atoms with Crippen molar-refractivity contribution in [3.05, 3.63) is 18.0 Å². The second kappa shape index (κ2) is 9.59. The molecule has 0 bridgehead atoms. The van der Waals surface area contributed by atoms with Crippen LogP contribution in [0, 0.1) is 0 Å². The van der Waals surface area contributed by atoms with Crippen LogP contribution in [-0.2, 0) is 13.5 Å². The molecule has 1 aromatic heterocycles. The molecule has 1 N–H and O–H groups in total. The molecular weight excluding hydrogens is 283 g/mol. The quantitative estimate of drug-likeness (QED) is 0.901. The van der Waals surface area contributed by atoms with Gasteiger partial charge in [-0.05, 0) is 18.4 Å². The Morgan fingerprint density at radius 3 is 2.84 bits per heavy atom. The smallest absolute Gasteiger partial charge is 0.0522 e. The van der Waals surface area contributed by atoms with Gasteiger partial charge in [0.25, 0.3) is 0 Å². The molecule has 1 saturated heterocycles. The van der Waals surface area contributed by atoms with Crippen LogP contribution in [0.2, 0.25) is 0 Å². The van der Waals surface area contributed by atoms with Crippen LogP contribution >= 0.6 is 24.8 Å². The molecule has 1 aliphatic rings. The molecule has 2 heterocycles. The van der Waals surface area contributed by atoms with E-state index >= 15 is 0 Å². The molecule has 19 heavy (non-hydrogen) atoms. The highest BCUT2D eigenvalue weighted by Crippen LogP contribution is 2.10. The van der Waals surface area contributed by atoms with Gasteiger partial charge in [0.2, 0.25) is 0 Å². The summed E-state index contributed by atoms with van der Waals surface area (Å²) in [7, 11) is 1.98.